The van der Waals surface area contributed by atoms with Gasteiger partial charge in [0, 0.05) is 17.5 Å². The van der Waals surface area contributed by atoms with Crippen LogP contribution >= 0.6 is 0 Å². The number of rotatable bonds is 3. The van der Waals surface area contributed by atoms with Gasteiger partial charge in [-0.05, 0) is 18.2 Å². The minimum atomic E-state index is -0.218. The second-order valence-corrected chi connectivity index (χ2v) is 4.82. The average Bonchev–Trinajstić information content (AvgIpc) is 2.98. The first-order valence-corrected chi connectivity index (χ1v) is 6.21. The van der Waals surface area contributed by atoms with Crippen LogP contribution in [0, 0.1) is 5.82 Å². The minimum Gasteiger partial charge on any atom is -0.338 e. The largest absolute Gasteiger partial charge is 0.338 e. The maximum absolute atomic E-state index is 13.6. The van der Waals surface area contributed by atoms with Crippen molar-refractivity contribution in [1.82, 2.24) is 14.7 Å². The quantitative estimate of drug-likeness (QED) is 0.724. The second-order valence-electron chi connectivity index (χ2n) is 4.82. The standard InChI is InChI=1S/C14H14FN3O/c1-9(2)14-16-13(19-17-14)8-18-7-6-10-11(15)4-3-5-12(10)18/h3-7,9H,8H2,1-2H3. The van der Waals surface area contributed by atoms with E-state index >= 15 is 0 Å². The summed E-state index contributed by atoms with van der Waals surface area (Å²) in [5.41, 5.74) is 0.823. The molecule has 0 N–H and O–H groups in total. The molecule has 3 aromatic rings. The minimum absolute atomic E-state index is 0.218. The maximum Gasteiger partial charge on any atom is 0.246 e. The Bertz CT molecular complexity index is 714. The molecule has 0 aliphatic carbocycles. The summed E-state index contributed by atoms with van der Waals surface area (Å²) in [6, 6.07) is 6.78. The number of hydrogen-bond donors (Lipinski definition) is 0. The van der Waals surface area contributed by atoms with Crippen molar-refractivity contribution in [3.63, 3.8) is 0 Å². The molecular weight excluding hydrogens is 245 g/mol. The summed E-state index contributed by atoms with van der Waals surface area (Å²) in [7, 11) is 0. The molecule has 0 aliphatic rings. The Kier molecular flexibility index (Phi) is 2.81. The third-order valence-corrected chi connectivity index (χ3v) is 3.07. The van der Waals surface area contributed by atoms with E-state index in [0.29, 0.717) is 23.6 Å². The molecule has 0 saturated carbocycles. The third kappa shape index (κ3) is 2.12. The molecule has 2 heterocycles. The first kappa shape index (κ1) is 11.9. The topological polar surface area (TPSA) is 43.9 Å². The van der Waals surface area contributed by atoms with E-state index in [2.05, 4.69) is 10.1 Å². The van der Waals surface area contributed by atoms with Crippen molar-refractivity contribution in [2.24, 2.45) is 0 Å². The van der Waals surface area contributed by atoms with Crippen LogP contribution < -0.4 is 0 Å². The van der Waals surface area contributed by atoms with Gasteiger partial charge in [0.15, 0.2) is 5.82 Å². The molecule has 3 rings (SSSR count). The summed E-state index contributed by atoms with van der Waals surface area (Å²) in [6.45, 7) is 4.47. The zero-order valence-electron chi connectivity index (χ0n) is 10.8. The summed E-state index contributed by atoms with van der Waals surface area (Å²) >= 11 is 0. The highest BCUT2D eigenvalue weighted by Gasteiger charge is 2.11. The van der Waals surface area contributed by atoms with Gasteiger partial charge in [0.05, 0.1) is 5.52 Å². The van der Waals surface area contributed by atoms with Gasteiger partial charge in [0.1, 0.15) is 12.4 Å². The highest BCUT2D eigenvalue weighted by atomic mass is 19.1. The zero-order chi connectivity index (χ0) is 13.4. The molecule has 0 fully saturated rings. The van der Waals surface area contributed by atoms with Gasteiger partial charge < -0.3 is 9.09 Å². The second kappa shape index (κ2) is 4.50. The number of aromatic nitrogens is 3. The van der Waals surface area contributed by atoms with Gasteiger partial charge in [-0.25, -0.2) is 4.39 Å². The van der Waals surface area contributed by atoms with Crippen molar-refractivity contribution in [3.05, 3.63) is 48.0 Å². The van der Waals surface area contributed by atoms with Gasteiger partial charge in [-0.2, -0.15) is 4.98 Å². The summed E-state index contributed by atoms with van der Waals surface area (Å²) in [4.78, 5) is 4.32. The van der Waals surface area contributed by atoms with Crippen molar-refractivity contribution < 1.29 is 8.91 Å². The van der Waals surface area contributed by atoms with E-state index in [-0.39, 0.29) is 11.7 Å². The van der Waals surface area contributed by atoms with E-state index in [4.69, 9.17) is 4.52 Å². The van der Waals surface area contributed by atoms with Crippen LogP contribution in [0.5, 0.6) is 0 Å². The molecule has 4 nitrogen and oxygen atoms in total. The number of nitrogens with zero attached hydrogens (tertiary/aromatic N) is 3. The molecular formula is C14H14FN3O. The highest BCUT2D eigenvalue weighted by molar-refractivity contribution is 5.80. The molecule has 0 unspecified atom stereocenters. The van der Waals surface area contributed by atoms with E-state index in [1.807, 2.05) is 30.7 Å². The van der Waals surface area contributed by atoms with Gasteiger partial charge in [-0.3, -0.25) is 0 Å². The van der Waals surface area contributed by atoms with Crippen molar-refractivity contribution in [1.29, 1.82) is 0 Å². The monoisotopic (exact) mass is 259 g/mol. The van der Waals surface area contributed by atoms with Gasteiger partial charge >= 0.3 is 0 Å². The Morgan fingerprint density at radius 1 is 1.32 bits per heavy atom. The number of halogens is 1. The fourth-order valence-corrected chi connectivity index (χ4v) is 2.04. The molecule has 1 aromatic carbocycles. The van der Waals surface area contributed by atoms with E-state index in [0.717, 1.165) is 5.52 Å². The van der Waals surface area contributed by atoms with Crippen LogP contribution in [0.15, 0.2) is 35.0 Å². The lowest BCUT2D eigenvalue weighted by Gasteiger charge is -2.01. The lowest BCUT2D eigenvalue weighted by molar-refractivity contribution is 0.366. The van der Waals surface area contributed by atoms with Crippen molar-refractivity contribution in [2.45, 2.75) is 26.3 Å². The molecule has 0 bridgehead atoms. The lowest BCUT2D eigenvalue weighted by Crippen LogP contribution is -1.99. The molecule has 5 heteroatoms. The van der Waals surface area contributed by atoms with Crippen molar-refractivity contribution in [2.75, 3.05) is 0 Å². The Morgan fingerprint density at radius 2 is 2.16 bits per heavy atom. The zero-order valence-corrected chi connectivity index (χ0v) is 10.8. The van der Waals surface area contributed by atoms with Crippen LogP contribution in [0.2, 0.25) is 0 Å². The van der Waals surface area contributed by atoms with Crippen LogP contribution in [0.4, 0.5) is 4.39 Å². The lowest BCUT2D eigenvalue weighted by atomic mass is 10.2. The SMILES string of the molecule is CC(C)c1noc(Cn2ccc3c(F)cccc32)n1. The summed E-state index contributed by atoms with van der Waals surface area (Å²) in [5, 5.41) is 4.52. The van der Waals surface area contributed by atoms with E-state index < -0.39 is 0 Å². The molecule has 98 valence electrons. The molecule has 0 saturated heterocycles. The van der Waals surface area contributed by atoms with Crippen LogP contribution in [0.1, 0.15) is 31.5 Å². The molecule has 2 aromatic heterocycles. The van der Waals surface area contributed by atoms with Crippen LogP contribution in [-0.2, 0) is 6.54 Å². The van der Waals surface area contributed by atoms with Crippen molar-refractivity contribution in [3.8, 4) is 0 Å². The molecule has 0 amide bonds. The van der Waals surface area contributed by atoms with Gasteiger partial charge in [0.2, 0.25) is 5.89 Å². The first-order chi connectivity index (χ1) is 9.15. The molecule has 0 aliphatic heterocycles. The summed E-state index contributed by atoms with van der Waals surface area (Å²) < 4.78 is 20.7. The Labute approximate surface area is 109 Å². The van der Waals surface area contributed by atoms with Crippen LogP contribution in [0.3, 0.4) is 0 Å². The molecule has 19 heavy (non-hydrogen) atoms. The summed E-state index contributed by atoms with van der Waals surface area (Å²) in [5.74, 6) is 1.24. The van der Waals surface area contributed by atoms with Crippen molar-refractivity contribution >= 4 is 10.9 Å². The van der Waals surface area contributed by atoms with Gasteiger partial charge in [0.25, 0.3) is 0 Å². The van der Waals surface area contributed by atoms with Crippen LogP contribution in [-0.4, -0.2) is 14.7 Å². The predicted molar refractivity (Wildman–Crippen MR) is 69.4 cm³/mol. The smallest absolute Gasteiger partial charge is 0.246 e. The summed E-state index contributed by atoms with van der Waals surface area (Å²) in [6.07, 6.45) is 1.83. The predicted octanol–water partition coefficient (Wildman–Crippen LogP) is 3.34. The first-order valence-electron chi connectivity index (χ1n) is 6.21. The number of hydrogen-bond acceptors (Lipinski definition) is 3. The van der Waals surface area contributed by atoms with E-state index in [1.165, 1.54) is 6.07 Å². The molecule has 0 radical (unpaired) electrons. The number of fused-ring (bicyclic) bond motifs is 1. The fraction of sp³-hybridized carbons (Fsp3) is 0.286. The van der Waals surface area contributed by atoms with Gasteiger partial charge in [-0.15, -0.1) is 0 Å². The van der Waals surface area contributed by atoms with Crippen LogP contribution in [0.25, 0.3) is 10.9 Å². The fourth-order valence-electron chi connectivity index (χ4n) is 2.04. The van der Waals surface area contributed by atoms with Gasteiger partial charge in [-0.1, -0.05) is 25.1 Å². The third-order valence-electron chi connectivity index (χ3n) is 3.07. The van der Waals surface area contributed by atoms with E-state index in [1.54, 1.807) is 12.1 Å². The maximum atomic E-state index is 13.6. The average molecular weight is 259 g/mol. The normalized spacial score (nSPS) is 11.6. The Balaban J connectivity index is 1.94. The van der Waals surface area contributed by atoms with E-state index in [9.17, 15) is 4.39 Å². The highest BCUT2D eigenvalue weighted by Crippen LogP contribution is 2.20. The molecule has 0 spiro atoms. The molecule has 0 atom stereocenters. The Hall–Kier alpha value is -2.17. The Morgan fingerprint density at radius 3 is 2.89 bits per heavy atom. The number of benzene rings is 1.